The van der Waals surface area contributed by atoms with E-state index < -0.39 is 0 Å². The number of rotatable bonds is 3. The summed E-state index contributed by atoms with van der Waals surface area (Å²) >= 11 is 0. The summed E-state index contributed by atoms with van der Waals surface area (Å²) in [6, 6.07) is 10.6. The predicted molar refractivity (Wildman–Crippen MR) is 80.4 cm³/mol. The van der Waals surface area contributed by atoms with Crippen molar-refractivity contribution in [2.45, 2.75) is 33.1 Å². The molecule has 0 radical (unpaired) electrons. The van der Waals surface area contributed by atoms with Crippen molar-refractivity contribution in [3.05, 3.63) is 47.8 Å². The van der Waals surface area contributed by atoms with Crippen molar-refractivity contribution in [2.24, 2.45) is 0 Å². The van der Waals surface area contributed by atoms with E-state index in [1.54, 1.807) is 0 Å². The van der Waals surface area contributed by atoms with Crippen LogP contribution in [0, 0.1) is 0 Å². The fourth-order valence-corrected chi connectivity index (χ4v) is 2.63. The molecule has 3 rings (SSSR count). The summed E-state index contributed by atoms with van der Waals surface area (Å²) in [7, 11) is 0. The zero-order valence-corrected chi connectivity index (χ0v) is 11.5. The minimum Gasteiger partial charge on any atom is -0.254 e. The van der Waals surface area contributed by atoms with Crippen LogP contribution in [0.15, 0.2) is 36.5 Å². The molecule has 0 atom stereocenters. The van der Waals surface area contributed by atoms with Gasteiger partial charge in [-0.15, -0.1) is 0 Å². The quantitative estimate of drug-likeness (QED) is 0.648. The van der Waals surface area contributed by atoms with E-state index in [4.69, 9.17) is 4.98 Å². The lowest BCUT2D eigenvalue weighted by molar-refractivity contribution is 0.865. The minimum absolute atomic E-state index is 1.01. The first-order valence-corrected chi connectivity index (χ1v) is 6.99. The minimum atomic E-state index is 1.01. The number of hydrogen-bond acceptors (Lipinski definition) is 2. The van der Waals surface area contributed by atoms with Gasteiger partial charge in [-0.1, -0.05) is 38.5 Å². The van der Waals surface area contributed by atoms with E-state index in [1.165, 1.54) is 22.0 Å². The van der Waals surface area contributed by atoms with Crippen LogP contribution in [0.5, 0.6) is 0 Å². The van der Waals surface area contributed by atoms with Gasteiger partial charge in [0.05, 0.1) is 17.2 Å². The molecule has 2 heteroatoms. The summed E-state index contributed by atoms with van der Waals surface area (Å²) in [4.78, 5) is 9.33. The lowest BCUT2D eigenvalue weighted by Crippen LogP contribution is -1.98. The Morgan fingerprint density at radius 3 is 2.63 bits per heavy atom. The fraction of sp³-hybridized carbons (Fsp3) is 0.294. The molecule has 19 heavy (non-hydrogen) atoms. The van der Waals surface area contributed by atoms with Gasteiger partial charge in [0.2, 0.25) is 0 Å². The molecule has 0 saturated carbocycles. The second kappa shape index (κ2) is 4.96. The Labute approximate surface area is 113 Å². The second-order valence-corrected chi connectivity index (χ2v) is 4.91. The largest absolute Gasteiger partial charge is 0.254 e. The number of nitrogens with zero attached hydrogens (tertiary/aromatic N) is 2. The molecule has 0 unspecified atom stereocenters. The Balaban J connectivity index is 2.34. The summed E-state index contributed by atoms with van der Waals surface area (Å²) in [6.07, 6.45) is 5.11. The number of para-hydroxylation sites is 1. The molecular formula is C17H18N2. The van der Waals surface area contributed by atoms with E-state index in [0.29, 0.717) is 0 Å². The summed E-state index contributed by atoms with van der Waals surface area (Å²) in [6.45, 7) is 4.40. The van der Waals surface area contributed by atoms with E-state index in [9.17, 15) is 0 Å². The molecule has 0 amide bonds. The lowest BCUT2D eigenvalue weighted by Gasteiger charge is -2.10. The number of hydrogen-bond donors (Lipinski definition) is 0. The molecule has 0 bridgehead atoms. The van der Waals surface area contributed by atoms with Gasteiger partial charge in [-0.2, -0.15) is 0 Å². The van der Waals surface area contributed by atoms with Crippen molar-refractivity contribution < 1.29 is 0 Å². The van der Waals surface area contributed by atoms with Crippen LogP contribution in [0.4, 0.5) is 0 Å². The molecule has 2 nitrogen and oxygen atoms in total. The van der Waals surface area contributed by atoms with Crippen molar-refractivity contribution in [3.63, 3.8) is 0 Å². The molecule has 0 spiro atoms. The summed E-state index contributed by atoms with van der Waals surface area (Å²) in [5.41, 5.74) is 4.65. The van der Waals surface area contributed by atoms with Gasteiger partial charge in [-0.05, 0) is 30.5 Å². The molecular weight excluding hydrogens is 232 g/mol. The highest BCUT2D eigenvalue weighted by Gasteiger charge is 2.08. The van der Waals surface area contributed by atoms with E-state index >= 15 is 0 Å². The zero-order chi connectivity index (χ0) is 13.2. The molecule has 0 aliphatic carbocycles. The smallest absolute Gasteiger partial charge is 0.0895 e. The second-order valence-electron chi connectivity index (χ2n) is 4.91. The Hall–Kier alpha value is -1.96. The number of aromatic nitrogens is 2. The van der Waals surface area contributed by atoms with Crippen molar-refractivity contribution >= 4 is 21.8 Å². The highest BCUT2D eigenvalue weighted by atomic mass is 14.8. The molecule has 2 heterocycles. The Morgan fingerprint density at radius 2 is 1.84 bits per heavy atom. The van der Waals surface area contributed by atoms with Crippen LogP contribution >= 0.6 is 0 Å². The Kier molecular flexibility index (Phi) is 3.16. The third kappa shape index (κ3) is 2.07. The third-order valence-corrected chi connectivity index (χ3v) is 3.61. The molecule has 0 N–H and O–H groups in total. The van der Waals surface area contributed by atoms with E-state index in [2.05, 4.69) is 43.1 Å². The average molecular weight is 250 g/mol. The molecule has 0 saturated heterocycles. The van der Waals surface area contributed by atoms with Gasteiger partial charge >= 0.3 is 0 Å². The zero-order valence-electron chi connectivity index (χ0n) is 11.5. The number of pyridine rings is 2. The standard InChI is InChI=1S/C17H18N2/c1-3-7-15-12(4-2)10-14-13-8-5-6-9-16(13)18-11-17(14)19-15/h5-6,8-11H,3-4,7H2,1-2H3. The van der Waals surface area contributed by atoms with Gasteiger partial charge in [-0.3, -0.25) is 9.97 Å². The van der Waals surface area contributed by atoms with Crippen LogP contribution in [-0.4, -0.2) is 9.97 Å². The lowest BCUT2D eigenvalue weighted by atomic mass is 10.0. The summed E-state index contributed by atoms with van der Waals surface area (Å²) < 4.78 is 0. The predicted octanol–water partition coefficient (Wildman–Crippen LogP) is 4.30. The van der Waals surface area contributed by atoms with Crippen LogP contribution in [-0.2, 0) is 12.8 Å². The Morgan fingerprint density at radius 1 is 1.00 bits per heavy atom. The average Bonchev–Trinajstić information content (AvgIpc) is 2.46. The third-order valence-electron chi connectivity index (χ3n) is 3.61. The van der Waals surface area contributed by atoms with Crippen molar-refractivity contribution in [1.82, 2.24) is 9.97 Å². The molecule has 0 fully saturated rings. The monoisotopic (exact) mass is 250 g/mol. The van der Waals surface area contributed by atoms with Gasteiger partial charge in [0.25, 0.3) is 0 Å². The van der Waals surface area contributed by atoms with Gasteiger partial charge in [0.1, 0.15) is 0 Å². The highest BCUT2D eigenvalue weighted by molar-refractivity contribution is 6.04. The first kappa shape index (κ1) is 12.1. The maximum atomic E-state index is 4.82. The molecule has 1 aromatic carbocycles. The summed E-state index contributed by atoms with van der Waals surface area (Å²) in [5.74, 6) is 0. The molecule has 0 aliphatic heterocycles. The first-order chi connectivity index (χ1) is 9.33. The maximum absolute atomic E-state index is 4.82. The van der Waals surface area contributed by atoms with E-state index in [0.717, 1.165) is 30.3 Å². The Bertz CT molecular complexity index is 732. The van der Waals surface area contributed by atoms with Gasteiger partial charge in [-0.25, -0.2) is 0 Å². The SMILES string of the molecule is CCCc1nc2cnc3ccccc3c2cc1CC. The van der Waals surface area contributed by atoms with E-state index in [-0.39, 0.29) is 0 Å². The molecule has 2 aromatic heterocycles. The van der Waals surface area contributed by atoms with Crippen LogP contribution in [0.1, 0.15) is 31.5 Å². The van der Waals surface area contributed by atoms with Crippen LogP contribution in [0.25, 0.3) is 21.8 Å². The summed E-state index contributed by atoms with van der Waals surface area (Å²) in [5, 5.41) is 2.42. The molecule has 96 valence electrons. The number of benzene rings is 1. The topological polar surface area (TPSA) is 25.8 Å². The number of fused-ring (bicyclic) bond motifs is 3. The van der Waals surface area contributed by atoms with Crippen molar-refractivity contribution in [1.29, 1.82) is 0 Å². The normalized spacial score (nSPS) is 11.3. The van der Waals surface area contributed by atoms with Gasteiger partial charge < -0.3 is 0 Å². The van der Waals surface area contributed by atoms with E-state index in [1.807, 2.05) is 12.3 Å². The van der Waals surface area contributed by atoms with Crippen LogP contribution in [0.2, 0.25) is 0 Å². The number of aryl methyl sites for hydroxylation is 2. The molecule has 0 aliphatic rings. The maximum Gasteiger partial charge on any atom is 0.0895 e. The van der Waals surface area contributed by atoms with Crippen LogP contribution < -0.4 is 0 Å². The van der Waals surface area contributed by atoms with Crippen molar-refractivity contribution in [2.75, 3.05) is 0 Å². The first-order valence-electron chi connectivity index (χ1n) is 6.99. The molecule has 3 aromatic rings. The van der Waals surface area contributed by atoms with Crippen LogP contribution in [0.3, 0.4) is 0 Å². The fourth-order valence-electron chi connectivity index (χ4n) is 2.63. The highest BCUT2D eigenvalue weighted by Crippen LogP contribution is 2.25. The van der Waals surface area contributed by atoms with Gasteiger partial charge in [0.15, 0.2) is 0 Å². The van der Waals surface area contributed by atoms with Gasteiger partial charge in [0, 0.05) is 16.5 Å². The van der Waals surface area contributed by atoms with Crippen molar-refractivity contribution in [3.8, 4) is 0 Å².